The zero-order valence-corrected chi connectivity index (χ0v) is 12.3. The highest BCUT2D eigenvalue weighted by atomic mass is 16.2. The van der Waals surface area contributed by atoms with Crippen LogP contribution in [-0.2, 0) is 7.05 Å². The average Bonchev–Trinajstić information content (AvgIpc) is 2.85. The molecule has 0 saturated carbocycles. The molecule has 0 atom stereocenters. The molecule has 0 aliphatic rings. The molecule has 5 nitrogen and oxygen atoms in total. The van der Waals surface area contributed by atoms with E-state index in [0.717, 1.165) is 5.69 Å². The van der Waals surface area contributed by atoms with E-state index in [2.05, 4.69) is 5.10 Å². The second-order valence-corrected chi connectivity index (χ2v) is 4.82. The van der Waals surface area contributed by atoms with Crippen LogP contribution >= 0.6 is 0 Å². The quantitative estimate of drug-likeness (QED) is 0.365. The van der Waals surface area contributed by atoms with Gasteiger partial charge in [0.2, 0.25) is 11.6 Å². The zero-order chi connectivity index (χ0) is 15.4. The van der Waals surface area contributed by atoms with Gasteiger partial charge in [-0.1, -0.05) is 30.3 Å². The van der Waals surface area contributed by atoms with E-state index in [4.69, 9.17) is 0 Å². The van der Waals surface area contributed by atoms with Gasteiger partial charge in [0.1, 0.15) is 0 Å². The van der Waals surface area contributed by atoms with Crippen molar-refractivity contribution < 1.29 is 9.59 Å². The third-order valence-corrected chi connectivity index (χ3v) is 3.06. The molecule has 0 N–H and O–H groups in total. The number of carbonyl (C=O) groups is 2. The van der Waals surface area contributed by atoms with Crippen LogP contribution in [0, 0.1) is 0 Å². The summed E-state index contributed by atoms with van der Waals surface area (Å²) in [6.45, 7) is 0. The van der Waals surface area contributed by atoms with Crippen LogP contribution in [0.4, 0.5) is 0 Å². The van der Waals surface area contributed by atoms with E-state index in [-0.39, 0.29) is 0 Å². The Bertz CT molecular complexity index is 685. The SMILES string of the molecule is CN(C)N=Cc1ccc(C(=O)C(=O)c2ccccc2)n1C. The van der Waals surface area contributed by atoms with E-state index in [1.807, 2.05) is 14.1 Å². The minimum absolute atomic E-state index is 0.351. The van der Waals surface area contributed by atoms with E-state index in [9.17, 15) is 9.59 Å². The molecule has 1 aromatic heterocycles. The molecule has 0 amide bonds. The van der Waals surface area contributed by atoms with Gasteiger partial charge in [-0.3, -0.25) is 9.59 Å². The number of aromatic nitrogens is 1. The molecule has 5 heteroatoms. The second kappa shape index (κ2) is 6.17. The van der Waals surface area contributed by atoms with Gasteiger partial charge in [-0.05, 0) is 12.1 Å². The van der Waals surface area contributed by atoms with Crippen molar-refractivity contribution in [1.82, 2.24) is 9.58 Å². The fourth-order valence-electron chi connectivity index (χ4n) is 1.90. The first kappa shape index (κ1) is 14.7. The smallest absolute Gasteiger partial charge is 0.249 e. The van der Waals surface area contributed by atoms with E-state index in [1.54, 1.807) is 65.3 Å². The average molecular weight is 283 g/mol. The van der Waals surface area contributed by atoms with Gasteiger partial charge in [0.15, 0.2) is 0 Å². The summed E-state index contributed by atoms with van der Waals surface area (Å²) >= 11 is 0. The van der Waals surface area contributed by atoms with Gasteiger partial charge in [0.25, 0.3) is 0 Å². The molecule has 0 aliphatic heterocycles. The van der Waals surface area contributed by atoms with Crippen molar-refractivity contribution in [3.8, 4) is 0 Å². The Morgan fingerprint density at radius 1 is 1.05 bits per heavy atom. The molecular weight excluding hydrogens is 266 g/mol. The molecule has 0 fully saturated rings. The maximum Gasteiger partial charge on any atom is 0.249 e. The summed E-state index contributed by atoms with van der Waals surface area (Å²) in [6.07, 6.45) is 1.64. The Kier molecular flexibility index (Phi) is 4.33. The lowest BCUT2D eigenvalue weighted by molar-refractivity contribution is 0.0812. The van der Waals surface area contributed by atoms with Gasteiger partial charge in [-0.15, -0.1) is 0 Å². The molecule has 2 rings (SSSR count). The minimum Gasteiger partial charge on any atom is -0.340 e. The van der Waals surface area contributed by atoms with E-state index in [0.29, 0.717) is 11.3 Å². The Hall–Kier alpha value is -2.69. The summed E-state index contributed by atoms with van der Waals surface area (Å²) in [5.74, 6) is -1.03. The molecule has 1 heterocycles. The molecule has 0 spiro atoms. The summed E-state index contributed by atoms with van der Waals surface area (Å²) in [4.78, 5) is 24.5. The zero-order valence-electron chi connectivity index (χ0n) is 12.3. The Morgan fingerprint density at radius 2 is 1.71 bits per heavy atom. The Labute approximate surface area is 123 Å². The van der Waals surface area contributed by atoms with E-state index >= 15 is 0 Å². The third-order valence-electron chi connectivity index (χ3n) is 3.06. The van der Waals surface area contributed by atoms with Crippen molar-refractivity contribution in [2.75, 3.05) is 14.1 Å². The third kappa shape index (κ3) is 3.25. The highest BCUT2D eigenvalue weighted by Gasteiger charge is 2.21. The van der Waals surface area contributed by atoms with Crippen molar-refractivity contribution in [2.45, 2.75) is 0 Å². The number of rotatable bonds is 5. The number of ketones is 2. The van der Waals surface area contributed by atoms with Crippen molar-refractivity contribution >= 4 is 17.8 Å². The topological polar surface area (TPSA) is 54.7 Å². The van der Waals surface area contributed by atoms with E-state index in [1.165, 1.54) is 0 Å². The molecule has 0 aliphatic carbocycles. The normalized spacial score (nSPS) is 10.8. The van der Waals surface area contributed by atoms with Crippen molar-refractivity contribution in [2.24, 2.45) is 12.1 Å². The monoisotopic (exact) mass is 283 g/mol. The van der Waals surface area contributed by atoms with Crippen LogP contribution < -0.4 is 0 Å². The Balaban J connectivity index is 2.27. The van der Waals surface area contributed by atoms with Gasteiger partial charge in [0.05, 0.1) is 17.6 Å². The number of nitrogens with zero attached hydrogens (tertiary/aromatic N) is 3. The molecule has 2 aromatic rings. The first-order valence-corrected chi connectivity index (χ1v) is 6.52. The van der Waals surface area contributed by atoms with Crippen LogP contribution in [0.5, 0.6) is 0 Å². The van der Waals surface area contributed by atoms with Gasteiger partial charge in [-0.25, -0.2) is 0 Å². The predicted molar refractivity (Wildman–Crippen MR) is 81.8 cm³/mol. The first-order valence-electron chi connectivity index (χ1n) is 6.52. The largest absolute Gasteiger partial charge is 0.340 e. The molecule has 21 heavy (non-hydrogen) atoms. The summed E-state index contributed by atoms with van der Waals surface area (Å²) < 4.78 is 1.66. The molecule has 0 bridgehead atoms. The van der Waals surface area contributed by atoms with Crippen LogP contribution in [0.2, 0.25) is 0 Å². The van der Waals surface area contributed by atoms with Crippen LogP contribution in [-0.4, -0.2) is 41.5 Å². The summed E-state index contributed by atoms with van der Waals surface area (Å²) in [7, 11) is 5.36. The maximum atomic E-state index is 12.3. The summed E-state index contributed by atoms with van der Waals surface area (Å²) in [5.41, 5.74) is 1.50. The number of Topliss-reactive ketones (excluding diaryl/α,β-unsaturated/α-hetero) is 2. The van der Waals surface area contributed by atoms with Crippen molar-refractivity contribution in [1.29, 1.82) is 0 Å². The summed E-state index contributed by atoms with van der Waals surface area (Å²) in [6, 6.07) is 12.0. The van der Waals surface area contributed by atoms with Crippen LogP contribution in [0.15, 0.2) is 47.6 Å². The molecule has 0 saturated heterocycles. The van der Waals surface area contributed by atoms with Crippen molar-refractivity contribution in [3.63, 3.8) is 0 Å². The molecule has 1 aromatic carbocycles. The highest BCUT2D eigenvalue weighted by Crippen LogP contribution is 2.10. The van der Waals surface area contributed by atoms with Gasteiger partial charge in [-0.2, -0.15) is 5.10 Å². The number of carbonyl (C=O) groups excluding carboxylic acids is 2. The van der Waals surface area contributed by atoms with Gasteiger partial charge >= 0.3 is 0 Å². The maximum absolute atomic E-state index is 12.3. The van der Waals surface area contributed by atoms with Crippen LogP contribution in [0.3, 0.4) is 0 Å². The molecule has 0 radical (unpaired) electrons. The lowest BCUT2D eigenvalue weighted by atomic mass is 10.1. The molecule has 0 unspecified atom stereocenters. The molecule has 108 valence electrons. The lowest BCUT2D eigenvalue weighted by Crippen LogP contribution is -2.18. The second-order valence-electron chi connectivity index (χ2n) is 4.82. The lowest BCUT2D eigenvalue weighted by Gasteiger charge is -2.05. The number of benzene rings is 1. The fourth-order valence-corrected chi connectivity index (χ4v) is 1.90. The highest BCUT2D eigenvalue weighted by molar-refractivity contribution is 6.48. The standard InChI is InChI=1S/C16H17N3O2/c1-18(2)17-11-13-9-10-14(19(13)3)16(21)15(20)12-7-5-4-6-8-12/h4-11H,1-3H3. The summed E-state index contributed by atoms with van der Waals surface area (Å²) in [5, 5.41) is 5.78. The molecular formula is C16H17N3O2. The predicted octanol–water partition coefficient (Wildman–Crippen LogP) is 1.99. The first-order chi connectivity index (χ1) is 10.0. The minimum atomic E-state index is -0.520. The van der Waals surface area contributed by atoms with E-state index < -0.39 is 11.6 Å². The number of hydrogen-bond donors (Lipinski definition) is 0. The van der Waals surface area contributed by atoms with Gasteiger partial charge in [0, 0.05) is 26.7 Å². The fraction of sp³-hybridized carbons (Fsp3) is 0.188. The van der Waals surface area contributed by atoms with Crippen LogP contribution in [0.1, 0.15) is 26.5 Å². The van der Waals surface area contributed by atoms with Crippen molar-refractivity contribution in [3.05, 3.63) is 59.4 Å². The number of hydrazone groups is 1. The van der Waals surface area contributed by atoms with Gasteiger partial charge < -0.3 is 9.58 Å². The number of hydrogen-bond acceptors (Lipinski definition) is 4. The van der Waals surface area contributed by atoms with Crippen LogP contribution in [0.25, 0.3) is 0 Å². The Morgan fingerprint density at radius 3 is 2.33 bits per heavy atom.